The molecule has 0 spiro atoms. The SMILES string of the molecule is COc1cc(C2C3=C(CCCC3=O)Nc3c2c(=O)n(C)c(=O)n3C)ccc1OC(F)F. The van der Waals surface area contributed by atoms with E-state index >= 15 is 0 Å². The third kappa shape index (κ3) is 3.31. The Kier molecular flexibility index (Phi) is 5.16. The summed E-state index contributed by atoms with van der Waals surface area (Å²) >= 11 is 0. The van der Waals surface area contributed by atoms with Crippen LogP contribution in [0.3, 0.4) is 0 Å². The maximum atomic E-state index is 13.1. The van der Waals surface area contributed by atoms with E-state index in [-0.39, 0.29) is 22.8 Å². The number of fused-ring (bicyclic) bond motifs is 1. The summed E-state index contributed by atoms with van der Waals surface area (Å²) in [7, 11) is 4.22. The number of halogens is 2. The van der Waals surface area contributed by atoms with E-state index in [2.05, 4.69) is 10.1 Å². The van der Waals surface area contributed by atoms with Gasteiger partial charge in [-0.1, -0.05) is 6.07 Å². The van der Waals surface area contributed by atoms with Gasteiger partial charge in [0.05, 0.1) is 12.7 Å². The molecular formula is C21H21F2N3O5. The number of anilines is 1. The van der Waals surface area contributed by atoms with Gasteiger partial charge < -0.3 is 14.8 Å². The van der Waals surface area contributed by atoms with Crippen molar-refractivity contribution < 1.29 is 23.0 Å². The van der Waals surface area contributed by atoms with Crippen molar-refractivity contribution in [2.24, 2.45) is 14.1 Å². The van der Waals surface area contributed by atoms with Crippen molar-refractivity contribution in [2.45, 2.75) is 31.8 Å². The van der Waals surface area contributed by atoms with Gasteiger partial charge >= 0.3 is 12.3 Å². The first-order valence-corrected chi connectivity index (χ1v) is 9.70. The summed E-state index contributed by atoms with van der Waals surface area (Å²) in [5.74, 6) is -0.678. The molecule has 10 heteroatoms. The fourth-order valence-corrected chi connectivity index (χ4v) is 4.29. The highest BCUT2D eigenvalue weighted by molar-refractivity contribution is 6.00. The van der Waals surface area contributed by atoms with Crippen molar-refractivity contribution in [3.8, 4) is 11.5 Å². The number of nitrogens with one attached hydrogen (secondary N) is 1. The van der Waals surface area contributed by atoms with Crippen LogP contribution in [-0.4, -0.2) is 28.6 Å². The number of ether oxygens (including phenoxy) is 2. The lowest BCUT2D eigenvalue weighted by molar-refractivity contribution is -0.116. The van der Waals surface area contributed by atoms with Gasteiger partial charge in [-0.05, 0) is 30.5 Å². The Hall–Kier alpha value is -3.43. The predicted molar refractivity (Wildman–Crippen MR) is 108 cm³/mol. The maximum absolute atomic E-state index is 13.1. The minimum Gasteiger partial charge on any atom is -0.493 e. The summed E-state index contributed by atoms with van der Waals surface area (Å²) in [4.78, 5) is 38.5. The summed E-state index contributed by atoms with van der Waals surface area (Å²) in [6.45, 7) is -3.03. The van der Waals surface area contributed by atoms with Gasteiger partial charge in [-0.15, -0.1) is 0 Å². The molecule has 1 aromatic carbocycles. The normalized spacial score (nSPS) is 17.9. The number of allylic oxidation sites excluding steroid dienone is 2. The second-order valence-corrected chi connectivity index (χ2v) is 7.48. The number of hydrogen-bond acceptors (Lipinski definition) is 6. The summed E-state index contributed by atoms with van der Waals surface area (Å²) in [5.41, 5.74) is 0.803. The molecule has 2 aromatic rings. The van der Waals surface area contributed by atoms with Crippen LogP contribution in [0.15, 0.2) is 39.1 Å². The van der Waals surface area contributed by atoms with Crippen molar-refractivity contribution in [3.05, 3.63) is 61.4 Å². The minimum absolute atomic E-state index is 0.0462. The molecule has 1 aliphatic carbocycles. The molecule has 4 rings (SSSR count). The molecule has 0 saturated heterocycles. The van der Waals surface area contributed by atoms with E-state index in [4.69, 9.17) is 4.74 Å². The molecule has 1 aliphatic heterocycles. The zero-order valence-corrected chi connectivity index (χ0v) is 17.2. The number of carbonyl (C=O) groups excluding carboxylic acids is 1. The first-order valence-electron chi connectivity index (χ1n) is 9.70. The van der Waals surface area contributed by atoms with Crippen molar-refractivity contribution in [1.82, 2.24) is 9.13 Å². The number of aromatic nitrogens is 2. The van der Waals surface area contributed by atoms with E-state index in [1.54, 1.807) is 7.05 Å². The first kappa shape index (κ1) is 20.8. The molecule has 8 nitrogen and oxygen atoms in total. The Morgan fingerprint density at radius 2 is 1.84 bits per heavy atom. The third-order valence-electron chi connectivity index (χ3n) is 5.74. The lowest BCUT2D eigenvalue weighted by Crippen LogP contribution is -2.44. The van der Waals surface area contributed by atoms with Crippen LogP contribution in [0.4, 0.5) is 14.6 Å². The fourth-order valence-electron chi connectivity index (χ4n) is 4.29. The smallest absolute Gasteiger partial charge is 0.387 e. The van der Waals surface area contributed by atoms with Crippen LogP contribution in [0.5, 0.6) is 11.5 Å². The second-order valence-electron chi connectivity index (χ2n) is 7.48. The van der Waals surface area contributed by atoms with Crippen molar-refractivity contribution in [3.63, 3.8) is 0 Å². The molecule has 2 aliphatic rings. The average Bonchev–Trinajstić information content (AvgIpc) is 2.75. The third-order valence-corrected chi connectivity index (χ3v) is 5.74. The van der Waals surface area contributed by atoms with Gasteiger partial charge in [0.15, 0.2) is 17.3 Å². The quantitative estimate of drug-likeness (QED) is 0.796. The predicted octanol–water partition coefficient (Wildman–Crippen LogP) is 2.26. The molecule has 31 heavy (non-hydrogen) atoms. The topological polar surface area (TPSA) is 91.6 Å². The van der Waals surface area contributed by atoms with E-state index in [0.717, 1.165) is 4.57 Å². The van der Waals surface area contributed by atoms with Crippen LogP contribution >= 0.6 is 0 Å². The van der Waals surface area contributed by atoms with Crippen LogP contribution < -0.4 is 26.0 Å². The highest BCUT2D eigenvalue weighted by atomic mass is 19.3. The second kappa shape index (κ2) is 7.68. The number of methoxy groups -OCH3 is 1. The average molecular weight is 433 g/mol. The van der Waals surface area contributed by atoms with Crippen LogP contribution in [-0.2, 0) is 18.9 Å². The number of rotatable bonds is 4. The van der Waals surface area contributed by atoms with Crippen LogP contribution in [0, 0.1) is 0 Å². The van der Waals surface area contributed by atoms with E-state index in [0.29, 0.717) is 41.9 Å². The van der Waals surface area contributed by atoms with Crippen LogP contribution in [0.25, 0.3) is 0 Å². The Morgan fingerprint density at radius 3 is 2.52 bits per heavy atom. The number of alkyl halides is 2. The maximum Gasteiger partial charge on any atom is 0.387 e. The number of carbonyl (C=O) groups is 1. The summed E-state index contributed by atoms with van der Waals surface area (Å²) < 4.78 is 37.5. The van der Waals surface area contributed by atoms with Gasteiger partial charge in [-0.25, -0.2) is 4.79 Å². The number of benzene rings is 1. The van der Waals surface area contributed by atoms with Crippen molar-refractivity contribution in [2.75, 3.05) is 12.4 Å². The Morgan fingerprint density at radius 1 is 1.10 bits per heavy atom. The highest BCUT2D eigenvalue weighted by Gasteiger charge is 2.39. The van der Waals surface area contributed by atoms with Gasteiger partial charge in [0.25, 0.3) is 5.56 Å². The lowest BCUT2D eigenvalue weighted by atomic mass is 9.76. The van der Waals surface area contributed by atoms with Crippen LogP contribution in [0.2, 0.25) is 0 Å². The lowest BCUT2D eigenvalue weighted by Gasteiger charge is -2.34. The molecule has 0 bridgehead atoms. The standard InChI is InChI=1S/C21H21F2N3O5/c1-25-18-17(19(28)26(2)21(25)29)15(16-11(24-18)5-4-6-12(16)27)10-7-8-13(31-20(22)23)14(9-10)30-3/h7-9,15,20,24H,4-6H2,1-3H3. The van der Waals surface area contributed by atoms with E-state index in [1.807, 2.05) is 0 Å². The van der Waals surface area contributed by atoms with Crippen molar-refractivity contribution in [1.29, 1.82) is 0 Å². The molecular weight excluding hydrogens is 412 g/mol. The molecule has 1 unspecified atom stereocenters. The van der Waals surface area contributed by atoms with Gasteiger partial charge in [0.2, 0.25) is 0 Å². The van der Waals surface area contributed by atoms with Gasteiger partial charge in [-0.2, -0.15) is 8.78 Å². The largest absolute Gasteiger partial charge is 0.493 e. The summed E-state index contributed by atoms with van der Waals surface area (Å²) in [5, 5.41) is 3.13. The van der Waals surface area contributed by atoms with Gasteiger partial charge in [0, 0.05) is 37.7 Å². The highest BCUT2D eigenvalue weighted by Crippen LogP contribution is 2.45. The molecule has 164 valence electrons. The van der Waals surface area contributed by atoms with E-state index < -0.39 is 23.8 Å². The Labute approximate surface area is 175 Å². The molecule has 1 N–H and O–H groups in total. The van der Waals surface area contributed by atoms with E-state index in [9.17, 15) is 23.2 Å². The summed E-state index contributed by atoms with van der Waals surface area (Å²) in [6.07, 6.45) is 1.57. The van der Waals surface area contributed by atoms with E-state index in [1.165, 1.54) is 36.9 Å². The Bertz CT molecular complexity index is 1230. The number of nitrogens with zero attached hydrogens (tertiary/aromatic N) is 2. The molecule has 0 saturated carbocycles. The molecule has 1 aromatic heterocycles. The number of Topliss-reactive ketones (excluding diaryl/α,β-unsaturated/α-hetero) is 1. The summed E-state index contributed by atoms with van der Waals surface area (Å²) in [6, 6.07) is 4.33. The molecule has 0 radical (unpaired) electrons. The molecule has 1 atom stereocenters. The molecule has 2 heterocycles. The zero-order chi connectivity index (χ0) is 22.4. The van der Waals surface area contributed by atoms with Crippen molar-refractivity contribution >= 4 is 11.6 Å². The molecule has 0 amide bonds. The zero-order valence-electron chi connectivity index (χ0n) is 17.2. The first-order chi connectivity index (χ1) is 14.7. The van der Waals surface area contributed by atoms with Gasteiger partial charge in [-0.3, -0.25) is 18.7 Å². The fraction of sp³-hybridized carbons (Fsp3) is 0.381. The monoisotopic (exact) mass is 433 g/mol. The van der Waals surface area contributed by atoms with Crippen LogP contribution in [0.1, 0.15) is 36.3 Å². The molecule has 0 fully saturated rings. The Balaban J connectivity index is 2.00. The number of hydrogen-bond donors (Lipinski definition) is 1. The minimum atomic E-state index is -3.03. The van der Waals surface area contributed by atoms with Gasteiger partial charge in [0.1, 0.15) is 5.82 Å². The number of ketones is 1.